The Labute approximate surface area is 79.1 Å². The van der Waals surface area contributed by atoms with Gasteiger partial charge >= 0.3 is 5.97 Å². The van der Waals surface area contributed by atoms with E-state index in [-0.39, 0.29) is 5.97 Å². The molecule has 1 saturated carbocycles. The van der Waals surface area contributed by atoms with Crippen molar-refractivity contribution >= 4 is 18.6 Å². The van der Waals surface area contributed by atoms with Crippen LogP contribution in [0.5, 0.6) is 0 Å². The second-order valence-electron chi connectivity index (χ2n) is 3.28. The lowest BCUT2D eigenvalue weighted by Gasteiger charge is -2.28. The van der Waals surface area contributed by atoms with Crippen molar-refractivity contribution in [1.29, 1.82) is 0 Å². The molecule has 1 radical (unpaired) electrons. The maximum absolute atomic E-state index is 11.4. The Morgan fingerprint density at radius 1 is 1.42 bits per heavy atom. The van der Waals surface area contributed by atoms with Crippen molar-refractivity contribution in [3.8, 4) is 0 Å². The van der Waals surface area contributed by atoms with E-state index in [4.69, 9.17) is 17.4 Å². The maximum atomic E-state index is 11.4. The van der Waals surface area contributed by atoms with Crippen LogP contribution in [0.25, 0.3) is 0 Å². The Balaban J connectivity index is 2.50. The zero-order chi connectivity index (χ0) is 9.03. The third-order valence-corrected chi connectivity index (χ3v) is 2.88. The summed E-state index contributed by atoms with van der Waals surface area (Å²) in [6.07, 6.45) is 4.99. The van der Waals surface area contributed by atoms with Gasteiger partial charge in [-0.2, -0.15) is 0 Å². The second kappa shape index (κ2) is 4.17. The molecule has 0 aromatic carbocycles. The van der Waals surface area contributed by atoms with Crippen molar-refractivity contribution in [1.82, 2.24) is 0 Å². The number of rotatable bonds is 2. The molecule has 1 fully saturated rings. The fraction of sp³-hybridized carbons (Fsp3) is 0.889. The SMILES string of the molecule is CCOC(=O)C1([S])CCCCC1. The third-order valence-electron chi connectivity index (χ3n) is 2.31. The van der Waals surface area contributed by atoms with Gasteiger partial charge in [-0.05, 0) is 19.8 Å². The van der Waals surface area contributed by atoms with Crippen LogP contribution in [0.2, 0.25) is 0 Å². The normalized spacial score (nSPS) is 21.8. The summed E-state index contributed by atoms with van der Waals surface area (Å²) >= 11 is 5.27. The van der Waals surface area contributed by atoms with Crippen molar-refractivity contribution in [3.63, 3.8) is 0 Å². The van der Waals surface area contributed by atoms with Gasteiger partial charge in [0.25, 0.3) is 0 Å². The van der Waals surface area contributed by atoms with E-state index in [1.54, 1.807) is 0 Å². The Morgan fingerprint density at radius 3 is 2.50 bits per heavy atom. The van der Waals surface area contributed by atoms with Crippen molar-refractivity contribution in [2.24, 2.45) is 0 Å². The van der Waals surface area contributed by atoms with Gasteiger partial charge < -0.3 is 4.74 Å². The first-order chi connectivity index (χ1) is 5.69. The van der Waals surface area contributed by atoms with Gasteiger partial charge in [-0.15, -0.1) is 0 Å². The van der Waals surface area contributed by atoms with Gasteiger partial charge in [-0.3, -0.25) is 4.79 Å². The van der Waals surface area contributed by atoms with Crippen molar-refractivity contribution in [2.45, 2.75) is 43.8 Å². The van der Waals surface area contributed by atoms with Crippen LogP contribution in [0, 0.1) is 0 Å². The van der Waals surface area contributed by atoms with E-state index in [0.29, 0.717) is 6.61 Å². The molecule has 0 heterocycles. The first kappa shape index (κ1) is 9.90. The Kier molecular flexibility index (Phi) is 3.44. The van der Waals surface area contributed by atoms with Crippen molar-refractivity contribution in [2.75, 3.05) is 6.61 Å². The van der Waals surface area contributed by atoms with Crippen LogP contribution >= 0.6 is 12.6 Å². The van der Waals surface area contributed by atoms with Gasteiger partial charge in [0.05, 0.1) is 6.61 Å². The van der Waals surface area contributed by atoms with Crippen LogP contribution in [0.15, 0.2) is 0 Å². The van der Waals surface area contributed by atoms with Crippen LogP contribution in [0.1, 0.15) is 39.0 Å². The van der Waals surface area contributed by atoms with Crippen LogP contribution in [0.4, 0.5) is 0 Å². The summed E-state index contributed by atoms with van der Waals surface area (Å²) in [5.74, 6) is -0.181. The van der Waals surface area contributed by atoms with Gasteiger partial charge in [0.2, 0.25) is 0 Å². The molecule has 0 spiro atoms. The van der Waals surface area contributed by atoms with E-state index in [9.17, 15) is 4.79 Å². The molecular formula is C9H15O2S. The minimum atomic E-state index is -0.589. The molecule has 2 nitrogen and oxygen atoms in total. The molecule has 69 valence electrons. The average molecular weight is 187 g/mol. The highest BCUT2D eigenvalue weighted by molar-refractivity contribution is 7.82. The van der Waals surface area contributed by atoms with Crippen molar-refractivity contribution in [3.05, 3.63) is 0 Å². The molecule has 0 amide bonds. The molecule has 0 aromatic rings. The number of carbonyl (C=O) groups is 1. The Bertz CT molecular complexity index is 162. The number of carbonyl (C=O) groups excluding carboxylic acids is 1. The monoisotopic (exact) mass is 187 g/mol. The molecule has 0 N–H and O–H groups in total. The quantitative estimate of drug-likeness (QED) is 0.621. The largest absolute Gasteiger partial charge is 0.465 e. The molecule has 12 heavy (non-hydrogen) atoms. The minimum absolute atomic E-state index is 0.181. The lowest BCUT2D eigenvalue weighted by atomic mass is 9.88. The minimum Gasteiger partial charge on any atom is -0.465 e. The van der Waals surface area contributed by atoms with E-state index in [1.807, 2.05) is 6.92 Å². The molecule has 0 saturated heterocycles. The fourth-order valence-electron chi connectivity index (χ4n) is 1.59. The topological polar surface area (TPSA) is 26.3 Å². The highest BCUT2D eigenvalue weighted by atomic mass is 32.1. The fourth-order valence-corrected chi connectivity index (χ4v) is 1.94. The van der Waals surface area contributed by atoms with Crippen LogP contribution in [-0.2, 0) is 9.53 Å². The summed E-state index contributed by atoms with van der Waals surface area (Å²) in [7, 11) is 0. The predicted octanol–water partition coefficient (Wildman–Crippen LogP) is 2.45. The number of esters is 1. The van der Waals surface area contributed by atoms with Crippen LogP contribution in [-0.4, -0.2) is 17.3 Å². The summed E-state index contributed by atoms with van der Waals surface area (Å²) in [6.45, 7) is 2.26. The summed E-state index contributed by atoms with van der Waals surface area (Å²) in [5, 5.41) is 0. The lowest BCUT2D eigenvalue weighted by Crippen LogP contribution is -2.36. The lowest BCUT2D eigenvalue weighted by molar-refractivity contribution is -0.146. The van der Waals surface area contributed by atoms with Gasteiger partial charge in [-0.25, -0.2) is 0 Å². The van der Waals surface area contributed by atoms with Crippen LogP contribution < -0.4 is 0 Å². The number of hydrogen-bond donors (Lipinski definition) is 0. The van der Waals surface area contributed by atoms with E-state index in [1.165, 1.54) is 6.42 Å². The van der Waals surface area contributed by atoms with E-state index in [2.05, 4.69) is 0 Å². The number of ether oxygens (including phenoxy) is 1. The average Bonchev–Trinajstić information content (AvgIpc) is 2.06. The highest BCUT2D eigenvalue weighted by Crippen LogP contribution is 2.34. The Hall–Kier alpha value is -0.180. The molecule has 0 aromatic heterocycles. The molecule has 1 rings (SSSR count). The van der Waals surface area contributed by atoms with Gasteiger partial charge in [0.15, 0.2) is 0 Å². The first-order valence-corrected chi connectivity index (χ1v) is 4.97. The smallest absolute Gasteiger partial charge is 0.323 e. The van der Waals surface area contributed by atoms with Gasteiger partial charge in [0, 0.05) is 0 Å². The summed E-state index contributed by atoms with van der Waals surface area (Å²) in [6, 6.07) is 0. The molecule has 0 aliphatic heterocycles. The Morgan fingerprint density at radius 2 is 2.00 bits per heavy atom. The maximum Gasteiger partial charge on any atom is 0.323 e. The standard InChI is InChI=1S/C9H15O2S/c1-2-11-8(10)9(12)6-4-3-5-7-9/h2-7H2,1H3. The van der Waals surface area contributed by atoms with Gasteiger partial charge in [-0.1, -0.05) is 31.9 Å². The third kappa shape index (κ3) is 2.16. The number of hydrogen-bond acceptors (Lipinski definition) is 2. The highest BCUT2D eigenvalue weighted by Gasteiger charge is 2.37. The molecular weight excluding hydrogens is 172 g/mol. The molecule has 0 bridgehead atoms. The second-order valence-corrected chi connectivity index (χ2v) is 4.06. The summed E-state index contributed by atoms with van der Waals surface area (Å²) in [4.78, 5) is 11.4. The molecule has 3 heteroatoms. The van der Waals surface area contributed by atoms with E-state index < -0.39 is 4.75 Å². The molecule has 0 atom stereocenters. The van der Waals surface area contributed by atoms with Crippen LogP contribution in [0.3, 0.4) is 0 Å². The van der Waals surface area contributed by atoms with E-state index >= 15 is 0 Å². The van der Waals surface area contributed by atoms with Crippen molar-refractivity contribution < 1.29 is 9.53 Å². The first-order valence-electron chi connectivity index (χ1n) is 4.57. The zero-order valence-corrected chi connectivity index (χ0v) is 8.28. The molecule has 1 aliphatic rings. The molecule has 0 unspecified atom stereocenters. The predicted molar refractivity (Wildman–Crippen MR) is 50.0 cm³/mol. The summed E-state index contributed by atoms with van der Waals surface area (Å²) in [5.41, 5.74) is 0. The van der Waals surface area contributed by atoms with E-state index in [0.717, 1.165) is 25.7 Å². The molecule has 1 aliphatic carbocycles. The zero-order valence-electron chi connectivity index (χ0n) is 7.47. The summed E-state index contributed by atoms with van der Waals surface area (Å²) < 4.78 is 4.35. The van der Waals surface area contributed by atoms with Gasteiger partial charge in [0.1, 0.15) is 4.75 Å².